The minimum absolute atomic E-state index is 0.0501. The van der Waals surface area contributed by atoms with Gasteiger partial charge in [-0.1, -0.05) is 11.6 Å². The first kappa shape index (κ1) is 18.3. The molecule has 0 radical (unpaired) electrons. The van der Waals surface area contributed by atoms with Crippen molar-refractivity contribution in [2.75, 3.05) is 19.9 Å². The first-order valence-electron chi connectivity index (χ1n) is 9.23. The highest BCUT2D eigenvalue weighted by atomic mass is 35.5. The van der Waals surface area contributed by atoms with Gasteiger partial charge in [-0.05, 0) is 50.2 Å². The van der Waals surface area contributed by atoms with E-state index in [0.717, 1.165) is 55.1 Å². The lowest BCUT2D eigenvalue weighted by atomic mass is 9.95. The number of fused-ring (bicyclic) bond motifs is 1. The number of nitrogens with zero attached hydrogens (tertiary/aromatic N) is 1. The van der Waals surface area contributed by atoms with E-state index in [1.54, 1.807) is 6.26 Å². The number of benzene rings is 1. The van der Waals surface area contributed by atoms with E-state index in [2.05, 4.69) is 10.2 Å². The standard InChI is InChI=1S/C20H23ClN2O4/c21-17-8-15(19-16(9-17)12-25-13-27-19)11-23-5-3-14(4-6-23)20(24)22-10-18-2-1-7-26-18/h1-2,7-9,14H,3-6,10-13H2,(H,22,24). The SMILES string of the molecule is O=C(NCc1ccco1)C1CCN(Cc2cc(Cl)cc3c2OCOC3)CC1. The summed E-state index contributed by atoms with van der Waals surface area (Å²) in [5.41, 5.74) is 2.08. The molecule has 2 aromatic rings. The Kier molecular flexibility index (Phi) is 5.66. The fourth-order valence-electron chi connectivity index (χ4n) is 3.70. The molecule has 0 saturated carbocycles. The topological polar surface area (TPSA) is 63.9 Å². The molecule has 1 amide bonds. The molecule has 2 aliphatic heterocycles. The third-order valence-corrected chi connectivity index (χ3v) is 5.34. The molecule has 1 fully saturated rings. The van der Waals surface area contributed by atoms with Gasteiger partial charge in [0.1, 0.15) is 11.5 Å². The van der Waals surface area contributed by atoms with E-state index < -0.39 is 0 Å². The molecule has 7 heteroatoms. The van der Waals surface area contributed by atoms with Gasteiger partial charge in [0.25, 0.3) is 0 Å². The van der Waals surface area contributed by atoms with Gasteiger partial charge in [0.15, 0.2) is 6.79 Å². The lowest BCUT2D eigenvalue weighted by Gasteiger charge is -2.32. The number of rotatable bonds is 5. The Morgan fingerprint density at radius 2 is 2.15 bits per heavy atom. The van der Waals surface area contributed by atoms with Crippen LogP contribution < -0.4 is 10.1 Å². The molecule has 1 saturated heterocycles. The van der Waals surface area contributed by atoms with Crippen LogP contribution in [0.15, 0.2) is 34.9 Å². The summed E-state index contributed by atoms with van der Waals surface area (Å²) >= 11 is 6.25. The molecule has 0 bridgehead atoms. The average Bonchev–Trinajstić information content (AvgIpc) is 3.20. The normalized spacial score (nSPS) is 18.0. The van der Waals surface area contributed by atoms with Crippen LogP contribution in [0.1, 0.15) is 29.7 Å². The molecule has 0 unspecified atom stereocenters. The van der Waals surface area contributed by atoms with E-state index >= 15 is 0 Å². The Morgan fingerprint density at radius 1 is 1.30 bits per heavy atom. The van der Waals surface area contributed by atoms with Crippen molar-refractivity contribution in [3.05, 3.63) is 52.4 Å². The summed E-state index contributed by atoms with van der Waals surface area (Å²) < 4.78 is 16.3. The van der Waals surface area contributed by atoms with E-state index in [4.69, 9.17) is 25.5 Å². The van der Waals surface area contributed by atoms with E-state index in [-0.39, 0.29) is 18.6 Å². The second-order valence-electron chi connectivity index (χ2n) is 7.01. The molecule has 0 aliphatic carbocycles. The summed E-state index contributed by atoms with van der Waals surface area (Å²) in [6.07, 6.45) is 3.30. The third kappa shape index (κ3) is 4.46. The fourth-order valence-corrected chi connectivity index (χ4v) is 3.96. The Hall–Kier alpha value is -2.02. The lowest BCUT2D eigenvalue weighted by molar-refractivity contribution is -0.126. The van der Waals surface area contributed by atoms with Gasteiger partial charge in [-0.25, -0.2) is 0 Å². The van der Waals surface area contributed by atoms with E-state index in [0.29, 0.717) is 18.2 Å². The summed E-state index contributed by atoms with van der Waals surface area (Å²) in [6, 6.07) is 7.55. The highest BCUT2D eigenvalue weighted by Crippen LogP contribution is 2.33. The number of hydrogen-bond acceptors (Lipinski definition) is 5. The van der Waals surface area contributed by atoms with Crippen LogP contribution in [-0.2, 0) is 29.2 Å². The smallest absolute Gasteiger partial charge is 0.223 e. The quantitative estimate of drug-likeness (QED) is 0.848. The summed E-state index contributed by atoms with van der Waals surface area (Å²) in [5.74, 6) is 1.82. The number of amides is 1. The second kappa shape index (κ2) is 8.33. The Morgan fingerprint density at radius 3 is 2.93 bits per heavy atom. The molecule has 27 heavy (non-hydrogen) atoms. The second-order valence-corrected chi connectivity index (χ2v) is 7.45. The van der Waals surface area contributed by atoms with Gasteiger partial charge in [-0.15, -0.1) is 0 Å². The number of carbonyl (C=O) groups excluding carboxylic acids is 1. The molecule has 1 N–H and O–H groups in total. The van der Waals surface area contributed by atoms with E-state index in [9.17, 15) is 4.79 Å². The highest BCUT2D eigenvalue weighted by molar-refractivity contribution is 6.30. The van der Waals surface area contributed by atoms with Crippen molar-refractivity contribution in [2.24, 2.45) is 5.92 Å². The molecule has 1 aromatic carbocycles. The molecule has 6 nitrogen and oxygen atoms in total. The molecule has 3 heterocycles. The zero-order valence-corrected chi connectivity index (χ0v) is 15.8. The van der Waals surface area contributed by atoms with Crippen LogP contribution in [0.25, 0.3) is 0 Å². The van der Waals surface area contributed by atoms with Crippen molar-refractivity contribution in [1.29, 1.82) is 0 Å². The number of nitrogens with one attached hydrogen (secondary N) is 1. The molecule has 1 aromatic heterocycles. The summed E-state index contributed by atoms with van der Waals surface area (Å²) in [7, 11) is 0. The average molecular weight is 391 g/mol. The van der Waals surface area contributed by atoms with Gasteiger partial charge in [0, 0.05) is 28.6 Å². The van der Waals surface area contributed by atoms with Crippen LogP contribution in [0.4, 0.5) is 0 Å². The van der Waals surface area contributed by atoms with Crippen molar-refractivity contribution in [2.45, 2.75) is 32.5 Å². The zero-order chi connectivity index (χ0) is 18.6. The Bertz CT molecular complexity index is 786. The van der Waals surface area contributed by atoms with Gasteiger partial charge < -0.3 is 19.2 Å². The highest BCUT2D eigenvalue weighted by Gasteiger charge is 2.26. The maximum absolute atomic E-state index is 12.4. The first-order valence-corrected chi connectivity index (χ1v) is 9.61. The van der Waals surface area contributed by atoms with Crippen LogP contribution in [0.5, 0.6) is 5.75 Å². The number of piperidine rings is 1. The van der Waals surface area contributed by atoms with Crippen molar-refractivity contribution in [3.63, 3.8) is 0 Å². The summed E-state index contributed by atoms with van der Waals surface area (Å²) in [6.45, 7) is 3.76. The van der Waals surface area contributed by atoms with Crippen LogP contribution >= 0.6 is 11.6 Å². The molecule has 144 valence electrons. The molecular formula is C20H23ClN2O4. The summed E-state index contributed by atoms with van der Waals surface area (Å²) in [4.78, 5) is 14.7. The predicted molar refractivity (Wildman–Crippen MR) is 100 cm³/mol. The fraction of sp³-hybridized carbons (Fsp3) is 0.450. The van der Waals surface area contributed by atoms with Gasteiger partial charge in [0.05, 0.1) is 19.4 Å². The van der Waals surface area contributed by atoms with Gasteiger partial charge in [-0.2, -0.15) is 0 Å². The van der Waals surface area contributed by atoms with Crippen LogP contribution in [0, 0.1) is 5.92 Å². The monoisotopic (exact) mass is 390 g/mol. The maximum atomic E-state index is 12.4. The molecule has 0 atom stereocenters. The largest absolute Gasteiger partial charge is 0.467 e. The third-order valence-electron chi connectivity index (χ3n) is 5.12. The number of halogens is 1. The van der Waals surface area contributed by atoms with E-state index in [1.165, 1.54) is 0 Å². The van der Waals surface area contributed by atoms with Gasteiger partial charge in [-0.3, -0.25) is 9.69 Å². The van der Waals surface area contributed by atoms with Crippen molar-refractivity contribution >= 4 is 17.5 Å². The number of carbonyl (C=O) groups is 1. The molecule has 4 rings (SSSR count). The van der Waals surface area contributed by atoms with Crippen LogP contribution in [0.2, 0.25) is 5.02 Å². The van der Waals surface area contributed by atoms with Crippen LogP contribution in [0.3, 0.4) is 0 Å². The molecule has 2 aliphatic rings. The summed E-state index contributed by atoms with van der Waals surface area (Å²) in [5, 5.41) is 3.66. The predicted octanol–water partition coefficient (Wildman–Crippen LogP) is 3.33. The van der Waals surface area contributed by atoms with Crippen LogP contribution in [-0.4, -0.2) is 30.7 Å². The minimum Gasteiger partial charge on any atom is -0.467 e. The van der Waals surface area contributed by atoms with Gasteiger partial charge in [0.2, 0.25) is 5.91 Å². The molecule has 0 spiro atoms. The number of furan rings is 1. The lowest BCUT2D eigenvalue weighted by Crippen LogP contribution is -2.40. The maximum Gasteiger partial charge on any atom is 0.223 e. The van der Waals surface area contributed by atoms with Crippen molar-refractivity contribution in [3.8, 4) is 5.75 Å². The van der Waals surface area contributed by atoms with Crippen molar-refractivity contribution < 1.29 is 18.7 Å². The minimum atomic E-state index is 0.0501. The number of ether oxygens (including phenoxy) is 2. The Balaban J connectivity index is 1.31. The zero-order valence-electron chi connectivity index (χ0n) is 15.1. The van der Waals surface area contributed by atoms with Crippen molar-refractivity contribution in [1.82, 2.24) is 10.2 Å². The molecular weight excluding hydrogens is 368 g/mol. The number of likely N-dealkylation sites (tertiary alicyclic amines) is 1. The van der Waals surface area contributed by atoms with Gasteiger partial charge >= 0.3 is 0 Å². The Labute approximate surface area is 163 Å². The van der Waals surface area contributed by atoms with E-state index in [1.807, 2.05) is 24.3 Å². The first-order chi connectivity index (χ1) is 13.2. The number of hydrogen-bond donors (Lipinski definition) is 1.